The topological polar surface area (TPSA) is 79.8 Å². The third-order valence-corrected chi connectivity index (χ3v) is 6.13. The van der Waals surface area contributed by atoms with Crippen LogP contribution in [0.15, 0.2) is 53.2 Å². The van der Waals surface area contributed by atoms with E-state index < -0.39 is 0 Å². The molecule has 0 saturated carbocycles. The minimum absolute atomic E-state index is 0.187. The highest BCUT2D eigenvalue weighted by Crippen LogP contribution is 2.28. The van der Waals surface area contributed by atoms with Crippen LogP contribution in [0.1, 0.15) is 29.8 Å². The van der Waals surface area contributed by atoms with Crippen molar-refractivity contribution in [3.63, 3.8) is 0 Å². The van der Waals surface area contributed by atoms with Crippen molar-refractivity contribution in [1.82, 2.24) is 24.6 Å². The lowest BCUT2D eigenvalue weighted by Gasteiger charge is -2.20. The van der Waals surface area contributed by atoms with E-state index in [1.165, 1.54) is 0 Å². The first kappa shape index (κ1) is 19.5. The van der Waals surface area contributed by atoms with Gasteiger partial charge in [-0.25, -0.2) is 15.1 Å². The molecule has 8 nitrogen and oxygen atoms in total. The number of carbonyl (C=O) groups is 1. The molecular weight excluding hydrogens is 410 g/mol. The van der Waals surface area contributed by atoms with Gasteiger partial charge in [-0.05, 0) is 31.9 Å². The average molecular weight is 434 g/mol. The number of hydrogen-bond donors (Lipinski definition) is 1. The monoisotopic (exact) mass is 433 g/mol. The second kappa shape index (κ2) is 8.35. The van der Waals surface area contributed by atoms with E-state index in [2.05, 4.69) is 20.4 Å². The standard InChI is InChI=1S/C22H23N7OS/c1-16-19(14-23-25-20(30)13-17-15-28-11-12-31-22(28)24-17)21(27-9-5-6-10-27)29(26-16)18-7-3-2-4-8-18/h2-4,7-8,11-12,14-15H,5-6,9-10,13H2,1H3,(H,25,30)/b23-14-. The maximum absolute atomic E-state index is 12.4. The van der Waals surface area contributed by atoms with Crippen LogP contribution >= 0.6 is 11.3 Å². The number of anilines is 1. The number of aryl methyl sites for hydroxylation is 1. The van der Waals surface area contributed by atoms with Crippen molar-refractivity contribution in [2.75, 3.05) is 18.0 Å². The second-order valence-corrected chi connectivity index (χ2v) is 8.43. The fourth-order valence-corrected chi connectivity index (χ4v) is 4.61. The molecule has 1 amide bonds. The Hall–Kier alpha value is -3.46. The van der Waals surface area contributed by atoms with Crippen molar-refractivity contribution in [3.8, 4) is 5.69 Å². The first-order chi connectivity index (χ1) is 15.2. The molecule has 158 valence electrons. The van der Waals surface area contributed by atoms with E-state index >= 15 is 0 Å². The summed E-state index contributed by atoms with van der Waals surface area (Å²) in [6, 6.07) is 10.1. The van der Waals surface area contributed by atoms with Crippen molar-refractivity contribution in [2.24, 2.45) is 5.10 Å². The first-order valence-corrected chi connectivity index (χ1v) is 11.2. The lowest BCUT2D eigenvalue weighted by atomic mass is 10.2. The number of carbonyl (C=O) groups excluding carboxylic acids is 1. The van der Waals surface area contributed by atoms with Gasteiger partial charge in [-0.15, -0.1) is 11.3 Å². The number of imidazole rings is 1. The number of nitrogens with one attached hydrogen (secondary N) is 1. The van der Waals surface area contributed by atoms with Gasteiger partial charge >= 0.3 is 0 Å². The summed E-state index contributed by atoms with van der Waals surface area (Å²) >= 11 is 1.54. The first-order valence-electron chi connectivity index (χ1n) is 10.3. The third-order valence-electron chi connectivity index (χ3n) is 5.36. The lowest BCUT2D eigenvalue weighted by Crippen LogP contribution is -2.23. The molecule has 3 aromatic heterocycles. The van der Waals surface area contributed by atoms with Gasteiger partial charge in [0.05, 0.1) is 35.3 Å². The molecule has 5 rings (SSSR count). The molecule has 0 atom stereocenters. The molecule has 1 aliphatic heterocycles. The average Bonchev–Trinajstić information content (AvgIpc) is 3.53. The van der Waals surface area contributed by atoms with Crippen LogP contribution in [0, 0.1) is 6.92 Å². The number of aromatic nitrogens is 4. The highest BCUT2D eigenvalue weighted by Gasteiger charge is 2.23. The van der Waals surface area contributed by atoms with E-state index in [0.29, 0.717) is 0 Å². The normalized spacial score (nSPS) is 14.2. The van der Waals surface area contributed by atoms with Crippen LogP contribution in [0.5, 0.6) is 0 Å². The fourth-order valence-electron chi connectivity index (χ4n) is 3.89. The van der Waals surface area contributed by atoms with E-state index in [-0.39, 0.29) is 12.3 Å². The van der Waals surface area contributed by atoms with E-state index in [4.69, 9.17) is 5.10 Å². The fraction of sp³-hybridized carbons (Fsp3) is 0.273. The number of hydrazone groups is 1. The molecule has 4 aromatic rings. The smallest absolute Gasteiger partial charge is 0.246 e. The summed E-state index contributed by atoms with van der Waals surface area (Å²) in [5.74, 6) is 0.825. The Kier molecular flexibility index (Phi) is 5.25. The number of thiazole rings is 1. The summed E-state index contributed by atoms with van der Waals surface area (Å²) in [4.78, 5) is 20.0. The molecule has 1 aromatic carbocycles. The second-order valence-electron chi connectivity index (χ2n) is 7.56. The van der Waals surface area contributed by atoms with E-state index in [0.717, 1.165) is 59.3 Å². The van der Waals surface area contributed by atoms with Gasteiger partial charge in [-0.1, -0.05) is 18.2 Å². The molecule has 1 fully saturated rings. The predicted molar refractivity (Wildman–Crippen MR) is 122 cm³/mol. The Bertz CT molecular complexity index is 1200. The van der Waals surface area contributed by atoms with Gasteiger partial charge in [0, 0.05) is 30.9 Å². The van der Waals surface area contributed by atoms with Gasteiger partial charge in [0.1, 0.15) is 5.82 Å². The number of rotatable bonds is 6. The molecule has 0 unspecified atom stereocenters. The summed E-state index contributed by atoms with van der Waals surface area (Å²) in [7, 11) is 0. The highest BCUT2D eigenvalue weighted by atomic mass is 32.1. The van der Waals surface area contributed by atoms with E-state index in [1.807, 2.05) is 64.1 Å². The van der Waals surface area contributed by atoms with E-state index in [1.54, 1.807) is 17.6 Å². The van der Waals surface area contributed by atoms with Crippen molar-refractivity contribution in [2.45, 2.75) is 26.2 Å². The number of amides is 1. The summed E-state index contributed by atoms with van der Waals surface area (Å²) < 4.78 is 3.89. The Balaban J connectivity index is 1.36. The number of nitrogens with zero attached hydrogens (tertiary/aromatic N) is 6. The van der Waals surface area contributed by atoms with Crippen LogP contribution in [0.2, 0.25) is 0 Å². The molecule has 0 spiro atoms. The summed E-state index contributed by atoms with van der Waals surface area (Å²) in [5, 5.41) is 11.0. The zero-order chi connectivity index (χ0) is 21.2. The molecule has 9 heteroatoms. The SMILES string of the molecule is Cc1nn(-c2ccccc2)c(N2CCCC2)c1/C=N\NC(=O)Cc1cn2ccsc2n1. The van der Waals surface area contributed by atoms with Crippen molar-refractivity contribution < 1.29 is 4.79 Å². The van der Waals surface area contributed by atoms with Gasteiger partial charge in [0.15, 0.2) is 4.96 Å². The molecule has 4 heterocycles. The van der Waals surface area contributed by atoms with Crippen molar-refractivity contribution >= 4 is 34.2 Å². The summed E-state index contributed by atoms with van der Waals surface area (Å²) in [6.07, 6.45) is 8.02. The largest absolute Gasteiger partial charge is 0.356 e. The number of benzene rings is 1. The van der Waals surface area contributed by atoms with Gasteiger partial charge in [0.2, 0.25) is 5.91 Å². The molecule has 1 N–H and O–H groups in total. The van der Waals surface area contributed by atoms with Crippen molar-refractivity contribution in [3.05, 3.63) is 65.1 Å². The van der Waals surface area contributed by atoms with Gasteiger partial charge < -0.3 is 4.90 Å². The molecule has 0 bridgehead atoms. The number of hydrogen-bond acceptors (Lipinski definition) is 6. The number of para-hydroxylation sites is 1. The van der Waals surface area contributed by atoms with Gasteiger partial charge in [-0.3, -0.25) is 9.20 Å². The van der Waals surface area contributed by atoms with Crippen LogP contribution in [-0.2, 0) is 11.2 Å². The van der Waals surface area contributed by atoms with Crippen LogP contribution in [-0.4, -0.2) is 44.4 Å². The van der Waals surface area contributed by atoms with Crippen LogP contribution in [0.4, 0.5) is 5.82 Å². The zero-order valence-electron chi connectivity index (χ0n) is 17.2. The van der Waals surface area contributed by atoms with E-state index in [9.17, 15) is 4.79 Å². The molecule has 1 saturated heterocycles. The molecular formula is C22H23N7OS. The lowest BCUT2D eigenvalue weighted by molar-refractivity contribution is -0.120. The Morgan fingerprint density at radius 2 is 2.06 bits per heavy atom. The third kappa shape index (κ3) is 3.96. The number of fused-ring (bicyclic) bond motifs is 1. The molecule has 0 aliphatic carbocycles. The summed E-state index contributed by atoms with van der Waals surface area (Å²) in [5.41, 5.74) is 6.17. The van der Waals surface area contributed by atoms with Crippen LogP contribution in [0.25, 0.3) is 10.6 Å². The maximum atomic E-state index is 12.4. The van der Waals surface area contributed by atoms with Gasteiger partial charge in [0.25, 0.3) is 0 Å². The minimum atomic E-state index is -0.196. The molecule has 0 radical (unpaired) electrons. The molecule has 1 aliphatic rings. The highest BCUT2D eigenvalue weighted by molar-refractivity contribution is 7.15. The van der Waals surface area contributed by atoms with Crippen LogP contribution in [0.3, 0.4) is 0 Å². The quantitative estimate of drug-likeness (QED) is 0.374. The molecule has 31 heavy (non-hydrogen) atoms. The van der Waals surface area contributed by atoms with Gasteiger partial charge in [-0.2, -0.15) is 10.2 Å². The maximum Gasteiger partial charge on any atom is 0.246 e. The minimum Gasteiger partial charge on any atom is -0.356 e. The van der Waals surface area contributed by atoms with Crippen molar-refractivity contribution in [1.29, 1.82) is 0 Å². The predicted octanol–water partition coefficient (Wildman–Crippen LogP) is 3.18. The Morgan fingerprint density at radius 3 is 2.84 bits per heavy atom. The zero-order valence-corrected chi connectivity index (χ0v) is 18.0. The Labute approximate surface area is 183 Å². The Morgan fingerprint density at radius 1 is 1.26 bits per heavy atom. The summed E-state index contributed by atoms with van der Waals surface area (Å²) in [6.45, 7) is 3.95. The van der Waals surface area contributed by atoms with Crippen LogP contribution < -0.4 is 10.3 Å².